The molecular formula is C16H27N3O2. The van der Waals surface area contributed by atoms with Crippen molar-refractivity contribution in [2.45, 2.75) is 58.1 Å². The number of nitrogen functional groups attached to an aromatic ring is 1. The van der Waals surface area contributed by atoms with Gasteiger partial charge in [0, 0.05) is 0 Å². The van der Waals surface area contributed by atoms with E-state index < -0.39 is 0 Å². The molecule has 4 N–H and O–H groups in total. The highest BCUT2D eigenvalue weighted by Crippen LogP contribution is 2.34. The molecule has 0 saturated heterocycles. The number of ether oxygens (including phenoxy) is 1. The fourth-order valence-corrected chi connectivity index (χ4v) is 2.75. The maximum absolute atomic E-state index is 9.81. The molecule has 1 aliphatic carbocycles. The average Bonchev–Trinajstić information content (AvgIpc) is 2.45. The van der Waals surface area contributed by atoms with Gasteiger partial charge < -0.3 is 20.9 Å². The number of hydrogen-bond acceptors (Lipinski definition) is 5. The largest absolute Gasteiger partial charge is 0.473 e. The highest BCUT2D eigenvalue weighted by atomic mass is 16.5. The van der Waals surface area contributed by atoms with Crippen LogP contribution in [0, 0.1) is 5.92 Å². The van der Waals surface area contributed by atoms with Gasteiger partial charge in [-0.2, -0.15) is 4.98 Å². The summed E-state index contributed by atoms with van der Waals surface area (Å²) in [5.41, 5.74) is 6.15. The van der Waals surface area contributed by atoms with Crippen molar-refractivity contribution in [3.05, 3.63) is 12.1 Å². The van der Waals surface area contributed by atoms with Crippen LogP contribution in [0.15, 0.2) is 12.1 Å². The number of pyridine rings is 1. The zero-order valence-electron chi connectivity index (χ0n) is 13.2. The second-order valence-electron chi connectivity index (χ2n) is 6.50. The predicted octanol–water partition coefficient (Wildman–Crippen LogP) is 2.80. The van der Waals surface area contributed by atoms with E-state index in [1.54, 1.807) is 6.07 Å². The van der Waals surface area contributed by atoms with Gasteiger partial charge in [0.15, 0.2) is 0 Å². The Morgan fingerprint density at radius 2 is 2.10 bits per heavy atom. The van der Waals surface area contributed by atoms with E-state index >= 15 is 0 Å². The van der Waals surface area contributed by atoms with E-state index in [0.717, 1.165) is 31.6 Å². The molecule has 5 heteroatoms. The van der Waals surface area contributed by atoms with Gasteiger partial charge in [0.2, 0.25) is 5.88 Å². The van der Waals surface area contributed by atoms with Crippen LogP contribution in [0.5, 0.6) is 5.88 Å². The van der Waals surface area contributed by atoms with Gasteiger partial charge in [-0.05, 0) is 57.6 Å². The number of nitrogens with zero attached hydrogens (tertiary/aromatic N) is 1. The molecule has 1 aromatic rings. The molecule has 1 saturated carbocycles. The van der Waals surface area contributed by atoms with E-state index in [0.29, 0.717) is 17.4 Å². The van der Waals surface area contributed by atoms with Gasteiger partial charge in [-0.15, -0.1) is 0 Å². The topological polar surface area (TPSA) is 80.4 Å². The number of hydrogen-bond donors (Lipinski definition) is 3. The van der Waals surface area contributed by atoms with Gasteiger partial charge in [0.1, 0.15) is 5.82 Å². The lowest BCUT2D eigenvalue weighted by molar-refractivity contribution is 0.155. The summed E-state index contributed by atoms with van der Waals surface area (Å²) in [6.07, 6.45) is 4.18. The Bertz CT molecular complexity index is 469. The zero-order valence-corrected chi connectivity index (χ0v) is 13.2. The second kappa shape index (κ2) is 6.52. The van der Waals surface area contributed by atoms with Crippen LogP contribution in [-0.2, 0) is 0 Å². The highest BCUT2D eigenvalue weighted by molar-refractivity contribution is 5.54. The molecule has 118 valence electrons. The molecular weight excluding hydrogens is 266 g/mol. The number of rotatable bonds is 5. The van der Waals surface area contributed by atoms with Crippen molar-refractivity contribution in [2.75, 3.05) is 17.7 Å². The van der Waals surface area contributed by atoms with Crippen LogP contribution in [0.2, 0.25) is 0 Å². The van der Waals surface area contributed by atoms with Crippen LogP contribution < -0.4 is 15.8 Å². The SMILES string of the molecule is CC1CCC(CO)(Nc2ccc(N)c(OC(C)C)n2)CC1. The number of nitrogens with one attached hydrogen (secondary N) is 1. The van der Waals surface area contributed by atoms with Crippen LogP contribution >= 0.6 is 0 Å². The first-order valence-corrected chi connectivity index (χ1v) is 7.76. The lowest BCUT2D eigenvalue weighted by Gasteiger charge is -2.39. The summed E-state index contributed by atoms with van der Waals surface area (Å²) in [4.78, 5) is 4.45. The zero-order chi connectivity index (χ0) is 15.5. The molecule has 1 aromatic heterocycles. The monoisotopic (exact) mass is 293 g/mol. The minimum Gasteiger partial charge on any atom is -0.473 e. The molecule has 0 atom stereocenters. The fourth-order valence-electron chi connectivity index (χ4n) is 2.75. The summed E-state index contributed by atoms with van der Waals surface area (Å²) in [7, 11) is 0. The van der Waals surface area contributed by atoms with Gasteiger partial charge in [-0.3, -0.25) is 0 Å². The summed E-state index contributed by atoms with van der Waals surface area (Å²) < 4.78 is 5.62. The average molecular weight is 293 g/mol. The van der Waals surface area contributed by atoms with Crippen molar-refractivity contribution in [2.24, 2.45) is 5.92 Å². The first-order chi connectivity index (χ1) is 9.94. The van der Waals surface area contributed by atoms with Crippen molar-refractivity contribution in [3.8, 4) is 5.88 Å². The van der Waals surface area contributed by atoms with Gasteiger partial charge in [-0.1, -0.05) is 6.92 Å². The molecule has 0 bridgehead atoms. The Labute approximate surface area is 126 Å². The Morgan fingerprint density at radius 1 is 1.43 bits per heavy atom. The maximum Gasteiger partial charge on any atom is 0.239 e. The molecule has 0 amide bonds. The lowest BCUT2D eigenvalue weighted by atomic mass is 9.77. The highest BCUT2D eigenvalue weighted by Gasteiger charge is 2.33. The maximum atomic E-state index is 9.81. The van der Waals surface area contributed by atoms with Crippen LogP contribution in [0.4, 0.5) is 11.5 Å². The molecule has 2 rings (SSSR count). The Morgan fingerprint density at radius 3 is 2.67 bits per heavy atom. The van der Waals surface area contributed by atoms with Crippen LogP contribution in [0.25, 0.3) is 0 Å². The molecule has 0 aromatic carbocycles. The summed E-state index contributed by atoms with van der Waals surface area (Å²) in [5.74, 6) is 1.89. The van der Waals surface area contributed by atoms with Crippen LogP contribution in [-0.4, -0.2) is 28.3 Å². The number of aromatic nitrogens is 1. The molecule has 0 spiro atoms. The van der Waals surface area contributed by atoms with Crippen LogP contribution in [0.1, 0.15) is 46.5 Å². The Balaban J connectivity index is 2.14. The molecule has 1 fully saturated rings. The van der Waals surface area contributed by atoms with E-state index in [2.05, 4.69) is 17.2 Å². The van der Waals surface area contributed by atoms with Gasteiger partial charge in [0.25, 0.3) is 0 Å². The third kappa shape index (κ3) is 4.00. The molecule has 5 nitrogen and oxygen atoms in total. The van der Waals surface area contributed by atoms with Crippen molar-refractivity contribution in [1.29, 1.82) is 0 Å². The first-order valence-electron chi connectivity index (χ1n) is 7.76. The van der Waals surface area contributed by atoms with Crippen LogP contribution in [0.3, 0.4) is 0 Å². The number of anilines is 2. The van der Waals surface area contributed by atoms with E-state index in [-0.39, 0.29) is 18.2 Å². The third-order valence-electron chi connectivity index (χ3n) is 4.16. The van der Waals surface area contributed by atoms with Crippen molar-refractivity contribution >= 4 is 11.5 Å². The fraction of sp³-hybridized carbons (Fsp3) is 0.688. The molecule has 21 heavy (non-hydrogen) atoms. The molecule has 0 radical (unpaired) electrons. The van der Waals surface area contributed by atoms with E-state index in [1.807, 2.05) is 19.9 Å². The van der Waals surface area contributed by atoms with Crippen molar-refractivity contribution in [1.82, 2.24) is 4.98 Å². The molecule has 1 heterocycles. The number of aliphatic hydroxyl groups excluding tert-OH is 1. The van der Waals surface area contributed by atoms with Crippen molar-refractivity contribution in [3.63, 3.8) is 0 Å². The molecule has 0 unspecified atom stereocenters. The standard InChI is InChI=1S/C16H27N3O2/c1-11(2)21-15-13(17)4-5-14(18-15)19-16(10-20)8-6-12(3)7-9-16/h4-5,11-12,20H,6-10,17H2,1-3H3,(H,18,19). The smallest absolute Gasteiger partial charge is 0.239 e. The predicted molar refractivity (Wildman–Crippen MR) is 85.5 cm³/mol. The van der Waals surface area contributed by atoms with Gasteiger partial charge >= 0.3 is 0 Å². The molecule has 1 aliphatic rings. The Kier molecular flexibility index (Phi) is 4.93. The normalized spacial score (nSPS) is 25.9. The third-order valence-corrected chi connectivity index (χ3v) is 4.16. The van der Waals surface area contributed by atoms with Gasteiger partial charge in [0.05, 0.1) is 23.9 Å². The van der Waals surface area contributed by atoms with Gasteiger partial charge in [-0.25, -0.2) is 0 Å². The minimum atomic E-state index is -0.273. The summed E-state index contributed by atoms with van der Waals surface area (Å²) >= 11 is 0. The minimum absolute atomic E-state index is 0.0254. The van der Waals surface area contributed by atoms with Crippen molar-refractivity contribution < 1.29 is 9.84 Å². The summed E-state index contributed by atoms with van der Waals surface area (Å²) in [5, 5.41) is 13.2. The Hall–Kier alpha value is -1.49. The number of nitrogens with two attached hydrogens (primary N) is 1. The second-order valence-corrected chi connectivity index (χ2v) is 6.50. The lowest BCUT2D eigenvalue weighted by Crippen LogP contribution is -2.45. The van der Waals surface area contributed by atoms with E-state index in [4.69, 9.17) is 10.5 Å². The summed E-state index contributed by atoms with van der Waals surface area (Å²) in [6, 6.07) is 3.64. The first kappa shape index (κ1) is 15.9. The number of aliphatic hydroxyl groups is 1. The molecule has 0 aliphatic heterocycles. The summed E-state index contributed by atoms with van der Waals surface area (Å²) in [6.45, 7) is 6.27. The van der Waals surface area contributed by atoms with E-state index in [9.17, 15) is 5.11 Å². The van der Waals surface area contributed by atoms with E-state index in [1.165, 1.54) is 0 Å². The quantitative estimate of drug-likeness (QED) is 0.778.